The summed E-state index contributed by atoms with van der Waals surface area (Å²) in [6.07, 6.45) is 0.886. The zero-order chi connectivity index (χ0) is 8.85. The molecule has 0 saturated heterocycles. The molecule has 64 valence electrons. The van der Waals surface area contributed by atoms with E-state index in [2.05, 4.69) is 25.7 Å². The molecule has 0 unspecified atom stereocenters. The quantitative estimate of drug-likeness (QED) is 0.615. The fraction of sp³-hybridized carbons (Fsp3) is 0.667. The van der Waals surface area contributed by atoms with E-state index in [-0.39, 0.29) is 5.91 Å². The van der Waals surface area contributed by atoms with Crippen molar-refractivity contribution in [2.75, 3.05) is 6.54 Å². The molecule has 0 aromatic heterocycles. The highest BCUT2D eigenvalue weighted by molar-refractivity contribution is 5.72. The second-order valence-corrected chi connectivity index (χ2v) is 3.05. The van der Waals surface area contributed by atoms with Gasteiger partial charge >= 0.3 is 0 Å². The van der Waals surface area contributed by atoms with Crippen LogP contribution in [0.3, 0.4) is 0 Å². The van der Waals surface area contributed by atoms with E-state index < -0.39 is 0 Å². The first-order valence-electron chi connectivity index (χ1n) is 3.96. The Morgan fingerprint density at radius 1 is 1.55 bits per heavy atom. The minimum Gasteiger partial charge on any atom is -0.356 e. The second kappa shape index (κ2) is 4.94. The summed E-state index contributed by atoms with van der Waals surface area (Å²) >= 11 is 0. The Morgan fingerprint density at radius 3 is 2.45 bits per heavy atom. The van der Waals surface area contributed by atoms with Gasteiger partial charge < -0.3 is 5.32 Å². The molecule has 1 N–H and O–H groups in total. The smallest absolute Gasteiger partial charge is 0.216 e. The monoisotopic (exact) mass is 155 g/mol. The molecule has 0 radical (unpaired) electrons. The van der Waals surface area contributed by atoms with E-state index in [1.807, 2.05) is 0 Å². The Morgan fingerprint density at radius 2 is 2.09 bits per heavy atom. The minimum atomic E-state index is 0.0292. The first-order chi connectivity index (χ1) is 5.04. The van der Waals surface area contributed by atoms with Gasteiger partial charge in [0.05, 0.1) is 0 Å². The van der Waals surface area contributed by atoms with Crippen LogP contribution in [-0.4, -0.2) is 12.5 Å². The van der Waals surface area contributed by atoms with Crippen LogP contribution in [0.5, 0.6) is 0 Å². The summed E-state index contributed by atoms with van der Waals surface area (Å²) in [7, 11) is 0. The van der Waals surface area contributed by atoms with Gasteiger partial charge in [0.15, 0.2) is 0 Å². The third kappa shape index (κ3) is 5.64. The number of nitrogens with one attached hydrogen (secondary N) is 1. The number of rotatable bonds is 4. The normalized spacial score (nSPS) is 9.82. The van der Waals surface area contributed by atoms with Gasteiger partial charge in [0, 0.05) is 13.5 Å². The van der Waals surface area contributed by atoms with E-state index in [0.717, 1.165) is 6.42 Å². The van der Waals surface area contributed by atoms with Gasteiger partial charge in [-0.25, -0.2) is 0 Å². The molecular weight excluding hydrogens is 138 g/mol. The summed E-state index contributed by atoms with van der Waals surface area (Å²) < 4.78 is 0. The molecule has 0 heterocycles. The molecule has 0 bridgehead atoms. The maximum absolute atomic E-state index is 10.5. The first kappa shape index (κ1) is 10.2. The second-order valence-electron chi connectivity index (χ2n) is 3.05. The summed E-state index contributed by atoms with van der Waals surface area (Å²) in [4.78, 5) is 10.5. The van der Waals surface area contributed by atoms with Crippen molar-refractivity contribution in [3.8, 4) is 0 Å². The molecule has 0 aliphatic heterocycles. The molecule has 0 saturated carbocycles. The van der Waals surface area contributed by atoms with E-state index in [1.165, 1.54) is 12.5 Å². The Balaban J connectivity index is 3.39. The molecule has 2 heteroatoms. The van der Waals surface area contributed by atoms with Crippen LogP contribution in [0.2, 0.25) is 0 Å². The Bertz CT molecular complexity index is 150. The topological polar surface area (TPSA) is 29.1 Å². The molecule has 0 aliphatic carbocycles. The van der Waals surface area contributed by atoms with Gasteiger partial charge in [0.25, 0.3) is 0 Å². The molecule has 1 amide bonds. The lowest BCUT2D eigenvalue weighted by Crippen LogP contribution is -2.21. The summed E-state index contributed by atoms with van der Waals surface area (Å²) in [6.45, 7) is 10.4. The molecule has 2 nitrogen and oxygen atoms in total. The average molecular weight is 155 g/mol. The number of hydrogen-bond acceptors (Lipinski definition) is 1. The van der Waals surface area contributed by atoms with Crippen molar-refractivity contribution >= 4 is 5.91 Å². The van der Waals surface area contributed by atoms with Crippen molar-refractivity contribution in [1.82, 2.24) is 5.32 Å². The highest BCUT2D eigenvalue weighted by atomic mass is 16.1. The molecule has 0 aliphatic rings. The zero-order valence-electron chi connectivity index (χ0n) is 7.61. The molecule has 0 aromatic carbocycles. The molecule has 0 atom stereocenters. The number of carbonyl (C=O) groups excluding carboxylic acids is 1. The number of hydrogen-bond donors (Lipinski definition) is 1. The van der Waals surface area contributed by atoms with Crippen LogP contribution >= 0.6 is 0 Å². The SMILES string of the molecule is C=C(CCNC(C)=O)C(C)C. The summed E-state index contributed by atoms with van der Waals surface area (Å²) in [6, 6.07) is 0. The average Bonchev–Trinajstić information content (AvgIpc) is 1.86. The minimum absolute atomic E-state index is 0.0292. The maximum atomic E-state index is 10.5. The summed E-state index contributed by atoms with van der Waals surface area (Å²) in [5, 5.41) is 2.73. The van der Waals surface area contributed by atoms with Crippen molar-refractivity contribution in [3.05, 3.63) is 12.2 Å². The van der Waals surface area contributed by atoms with Crippen LogP contribution in [0.25, 0.3) is 0 Å². The third-order valence-electron chi connectivity index (χ3n) is 1.64. The Kier molecular flexibility index (Phi) is 4.59. The van der Waals surface area contributed by atoms with Crippen molar-refractivity contribution < 1.29 is 4.79 Å². The van der Waals surface area contributed by atoms with Crippen LogP contribution < -0.4 is 5.32 Å². The van der Waals surface area contributed by atoms with Crippen molar-refractivity contribution in [2.24, 2.45) is 5.92 Å². The van der Waals surface area contributed by atoms with Crippen LogP contribution in [0.4, 0.5) is 0 Å². The molecule has 0 aromatic rings. The molecular formula is C9H17NO. The maximum Gasteiger partial charge on any atom is 0.216 e. The van der Waals surface area contributed by atoms with Crippen molar-refractivity contribution in [2.45, 2.75) is 27.2 Å². The standard InChI is InChI=1S/C9H17NO/c1-7(2)8(3)5-6-10-9(4)11/h7H,3,5-6H2,1-2,4H3,(H,10,11). The Hall–Kier alpha value is -0.790. The Labute approximate surface area is 68.7 Å². The summed E-state index contributed by atoms with van der Waals surface area (Å²) in [5.41, 5.74) is 1.19. The lowest BCUT2D eigenvalue weighted by atomic mass is 10.0. The van der Waals surface area contributed by atoms with E-state index in [4.69, 9.17) is 0 Å². The highest BCUT2D eigenvalue weighted by Gasteiger charge is 1.99. The third-order valence-corrected chi connectivity index (χ3v) is 1.64. The van der Waals surface area contributed by atoms with Crippen LogP contribution in [0.1, 0.15) is 27.2 Å². The lowest BCUT2D eigenvalue weighted by Gasteiger charge is -2.08. The fourth-order valence-corrected chi connectivity index (χ4v) is 0.688. The predicted molar refractivity (Wildman–Crippen MR) is 47.3 cm³/mol. The van der Waals surface area contributed by atoms with E-state index in [0.29, 0.717) is 12.5 Å². The highest BCUT2D eigenvalue weighted by Crippen LogP contribution is 2.09. The van der Waals surface area contributed by atoms with Crippen LogP contribution in [0, 0.1) is 5.92 Å². The van der Waals surface area contributed by atoms with E-state index in [9.17, 15) is 4.79 Å². The molecule has 0 fully saturated rings. The molecule has 11 heavy (non-hydrogen) atoms. The predicted octanol–water partition coefficient (Wildman–Crippen LogP) is 1.72. The van der Waals surface area contributed by atoms with E-state index in [1.54, 1.807) is 0 Å². The summed E-state index contributed by atoms with van der Waals surface area (Å²) in [5.74, 6) is 0.547. The number of carbonyl (C=O) groups is 1. The van der Waals surface area contributed by atoms with Crippen molar-refractivity contribution in [1.29, 1.82) is 0 Å². The van der Waals surface area contributed by atoms with Crippen LogP contribution in [-0.2, 0) is 4.79 Å². The fourth-order valence-electron chi connectivity index (χ4n) is 0.688. The van der Waals surface area contributed by atoms with Gasteiger partial charge in [-0.05, 0) is 12.3 Å². The van der Waals surface area contributed by atoms with Gasteiger partial charge in [-0.2, -0.15) is 0 Å². The lowest BCUT2D eigenvalue weighted by molar-refractivity contribution is -0.118. The van der Waals surface area contributed by atoms with Gasteiger partial charge in [0.2, 0.25) is 5.91 Å². The van der Waals surface area contributed by atoms with Gasteiger partial charge in [0.1, 0.15) is 0 Å². The molecule has 0 spiro atoms. The van der Waals surface area contributed by atoms with Crippen molar-refractivity contribution in [3.63, 3.8) is 0 Å². The first-order valence-corrected chi connectivity index (χ1v) is 3.96. The molecule has 0 rings (SSSR count). The van der Waals surface area contributed by atoms with Crippen LogP contribution in [0.15, 0.2) is 12.2 Å². The van der Waals surface area contributed by atoms with E-state index >= 15 is 0 Å². The van der Waals surface area contributed by atoms with Gasteiger partial charge in [-0.3, -0.25) is 4.79 Å². The largest absolute Gasteiger partial charge is 0.356 e. The van der Waals surface area contributed by atoms with Gasteiger partial charge in [-0.1, -0.05) is 26.0 Å². The number of amides is 1. The van der Waals surface area contributed by atoms with Gasteiger partial charge in [-0.15, -0.1) is 0 Å². The zero-order valence-corrected chi connectivity index (χ0v) is 7.61.